The lowest BCUT2D eigenvalue weighted by Gasteiger charge is -2.45. The number of carbonyl (C=O) groups excluding carboxylic acids is 1. The van der Waals surface area contributed by atoms with Crippen molar-refractivity contribution in [3.05, 3.63) is 108 Å². The van der Waals surface area contributed by atoms with Crippen LogP contribution in [0.1, 0.15) is 30.0 Å². The molecule has 3 aromatic rings. The van der Waals surface area contributed by atoms with E-state index in [-0.39, 0.29) is 18.0 Å². The fourth-order valence-electron chi connectivity index (χ4n) is 4.54. The Labute approximate surface area is 207 Å². The van der Waals surface area contributed by atoms with Crippen molar-refractivity contribution in [1.82, 2.24) is 5.32 Å². The van der Waals surface area contributed by atoms with Crippen LogP contribution >= 0.6 is 0 Å². The number of carbonyl (C=O) groups is 1. The highest BCUT2D eigenvalue weighted by Gasteiger charge is 2.46. The highest BCUT2D eigenvalue weighted by Crippen LogP contribution is 2.29. The summed E-state index contributed by atoms with van der Waals surface area (Å²) in [6, 6.07) is 29.4. The maximum absolute atomic E-state index is 12.0. The Morgan fingerprint density at radius 3 is 1.54 bits per heavy atom. The zero-order valence-electron chi connectivity index (χ0n) is 20.1. The molecule has 0 radical (unpaired) electrons. The normalized spacial score (nSPS) is 24.1. The van der Waals surface area contributed by atoms with Gasteiger partial charge in [-0.1, -0.05) is 91.0 Å². The van der Waals surface area contributed by atoms with Gasteiger partial charge in [-0.25, -0.2) is 0 Å². The van der Waals surface area contributed by atoms with E-state index in [9.17, 15) is 4.79 Å². The fourth-order valence-corrected chi connectivity index (χ4v) is 4.54. The zero-order chi connectivity index (χ0) is 24.5. The van der Waals surface area contributed by atoms with Gasteiger partial charge in [0.15, 0.2) is 0 Å². The second-order valence-corrected chi connectivity index (χ2v) is 8.99. The maximum Gasteiger partial charge on any atom is 0.217 e. The topological polar surface area (TPSA) is 82.8 Å². The van der Waals surface area contributed by atoms with E-state index in [0.717, 1.165) is 16.7 Å². The zero-order valence-corrected chi connectivity index (χ0v) is 20.1. The van der Waals surface area contributed by atoms with Crippen LogP contribution < -0.4 is 11.1 Å². The molecule has 184 valence electrons. The van der Waals surface area contributed by atoms with Gasteiger partial charge >= 0.3 is 0 Å². The van der Waals surface area contributed by atoms with Gasteiger partial charge in [-0.15, -0.1) is 0 Å². The van der Waals surface area contributed by atoms with E-state index in [4.69, 9.17) is 19.9 Å². The van der Waals surface area contributed by atoms with Crippen LogP contribution in [-0.4, -0.2) is 36.3 Å². The van der Waals surface area contributed by atoms with Crippen molar-refractivity contribution in [2.45, 2.75) is 63.6 Å². The predicted octanol–water partition coefficient (Wildman–Crippen LogP) is 3.98. The molecule has 6 heteroatoms. The minimum atomic E-state index is -0.469. The molecule has 0 spiro atoms. The molecular formula is C29H34N2O4. The molecule has 0 bridgehead atoms. The Kier molecular flexibility index (Phi) is 9.03. The average molecular weight is 475 g/mol. The number of ether oxygens (including phenoxy) is 3. The summed E-state index contributed by atoms with van der Waals surface area (Å²) >= 11 is 0. The molecule has 1 aliphatic rings. The average Bonchev–Trinajstić information content (AvgIpc) is 2.88. The number of nitrogens with two attached hydrogens (primary N) is 1. The van der Waals surface area contributed by atoms with Gasteiger partial charge in [0.05, 0.1) is 25.9 Å². The van der Waals surface area contributed by atoms with Crippen LogP contribution in [0.5, 0.6) is 0 Å². The molecule has 1 fully saturated rings. The molecule has 35 heavy (non-hydrogen) atoms. The minimum Gasteiger partial charge on any atom is -0.369 e. The monoisotopic (exact) mass is 474 g/mol. The summed E-state index contributed by atoms with van der Waals surface area (Å²) in [6.45, 7) is 2.72. The van der Waals surface area contributed by atoms with Crippen molar-refractivity contribution in [3.8, 4) is 0 Å². The highest BCUT2D eigenvalue weighted by atomic mass is 16.6. The van der Waals surface area contributed by atoms with E-state index in [1.807, 2.05) is 91.0 Å². The summed E-state index contributed by atoms with van der Waals surface area (Å²) in [5.41, 5.74) is 9.78. The van der Waals surface area contributed by atoms with E-state index >= 15 is 0 Å². The standard InChI is InChI=1S/C29H34N2O4/c1-21(32)31-26-17-25(30)27(33-18-22-11-5-2-6-12-22)29(35-20-24-15-9-4-10-16-24)28(26)34-19-23-13-7-3-8-14-23/h2-16,25-29H,17-20,30H2,1H3,(H,31,32)/t25-,26+,27+,28-,29-/m1/s1. The van der Waals surface area contributed by atoms with Crippen LogP contribution in [0.3, 0.4) is 0 Å². The quantitative estimate of drug-likeness (QED) is 0.465. The summed E-state index contributed by atoms with van der Waals surface area (Å²) in [7, 11) is 0. The fraction of sp³-hybridized carbons (Fsp3) is 0.345. The van der Waals surface area contributed by atoms with Crippen molar-refractivity contribution >= 4 is 5.91 Å². The van der Waals surface area contributed by atoms with Gasteiger partial charge in [-0.2, -0.15) is 0 Å². The van der Waals surface area contributed by atoms with Crippen molar-refractivity contribution in [2.75, 3.05) is 0 Å². The number of hydrogen-bond acceptors (Lipinski definition) is 5. The summed E-state index contributed by atoms with van der Waals surface area (Å²) < 4.78 is 19.3. The first-order valence-electron chi connectivity index (χ1n) is 12.1. The molecule has 0 heterocycles. The number of hydrogen-bond donors (Lipinski definition) is 2. The second-order valence-electron chi connectivity index (χ2n) is 8.99. The van der Waals surface area contributed by atoms with Gasteiger partial charge in [0.2, 0.25) is 5.91 Å². The van der Waals surface area contributed by atoms with Crippen LogP contribution in [0.2, 0.25) is 0 Å². The van der Waals surface area contributed by atoms with Crippen LogP contribution in [0.25, 0.3) is 0 Å². The Balaban J connectivity index is 1.57. The van der Waals surface area contributed by atoms with Gasteiger partial charge in [-0.3, -0.25) is 4.79 Å². The van der Waals surface area contributed by atoms with Gasteiger partial charge in [0.1, 0.15) is 18.3 Å². The first-order chi connectivity index (χ1) is 17.1. The third-order valence-electron chi connectivity index (χ3n) is 6.24. The van der Waals surface area contributed by atoms with Crippen molar-refractivity contribution in [1.29, 1.82) is 0 Å². The van der Waals surface area contributed by atoms with Gasteiger partial charge in [-0.05, 0) is 23.1 Å². The molecular weight excluding hydrogens is 440 g/mol. The number of amides is 1. The number of benzene rings is 3. The van der Waals surface area contributed by atoms with Crippen molar-refractivity contribution in [2.24, 2.45) is 5.73 Å². The molecule has 1 amide bonds. The maximum atomic E-state index is 12.0. The molecule has 6 nitrogen and oxygen atoms in total. The summed E-state index contributed by atoms with van der Waals surface area (Å²) in [5.74, 6) is -0.124. The van der Waals surface area contributed by atoms with Gasteiger partial charge in [0.25, 0.3) is 0 Å². The molecule has 1 saturated carbocycles. The molecule has 4 rings (SSSR count). The van der Waals surface area contributed by atoms with Crippen LogP contribution in [0, 0.1) is 0 Å². The van der Waals surface area contributed by atoms with Crippen molar-refractivity contribution in [3.63, 3.8) is 0 Å². The van der Waals surface area contributed by atoms with Crippen LogP contribution in [0.4, 0.5) is 0 Å². The highest BCUT2D eigenvalue weighted by molar-refractivity contribution is 5.73. The van der Waals surface area contributed by atoms with E-state index in [1.54, 1.807) is 0 Å². The van der Waals surface area contributed by atoms with Crippen molar-refractivity contribution < 1.29 is 19.0 Å². The first kappa shape index (κ1) is 25.1. The van der Waals surface area contributed by atoms with E-state index in [0.29, 0.717) is 26.2 Å². The van der Waals surface area contributed by atoms with Gasteiger partial charge in [0, 0.05) is 13.0 Å². The molecule has 0 aliphatic heterocycles. The third kappa shape index (κ3) is 7.23. The van der Waals surface area contributed by atoms with E-state index in [1.165, 1.54) is 6.92 Å². The smallest absolute Gasteiger partial charge is 0.217 e. The van der Waals surface area contributed by atoms with Crippen LogP contribution in [-0.2, 0) is 38.8 Å². The number of nitrogens with one attached hydrogen (secondary N) is 1. The lowest BCUT2D eigenvalue weighted by Crippen LogP contribution is -2.64. The largest absolute Gasteiger partial charge is 0.369 e. The molecule has 3 N–H and O–H groups in total. The van der Waals surface area contributed by atoms with Gasteiger partial charge < -0.3 is 25.3 Å². The molecule has 1 aliphatic carbocycles. The first-order valence-corrected chi connectivity index (χ1v) is 12.1. The SMILES string of the molecule is CC(=O)N[C@H]1C[C@@H](N)[C@H](OCc2ccccc2)[C@@H](OCc2ccccc2)[C@@H]1OCc1ccccc1. The van der Waals surface area contributed by atoms with E-state index < -0.39 is 18.3 Å². The minimum absolute atomic E-state index is 0.124. The third-order valence-corrected chi connectivity index (χ3v) is 6.24. The molecule has 0 saturated heterocycles. The predicted molar refractivity (Wildman–Crippen MR) is 135 cm³/mol. The Morgan fingerprint density at radius 2 is 1.11 bits per heavy atom. The Bertz CT molecular complexity index is 1030. The van der Waals surface area contributed by atoms with E-state index in [2.05, 4.69) is 5.32 Å². The lowest BCUT2D eigenvalue weighted by molar-refractivity contribution is -0.184. The Hall–Kier alpha value is -3.03. The summed E-state index contributed by atoms with van der Waals surface area (Å²) in [5, 5.41) is 3.04. The lowest BCUT2D eigenvalue weighted by atomic mass is 9.83. The molecule has 0 unspecified atom stereocenters. The molecule has 3 aromatic carbocycles. The molecule has 5 atom stereocenters. The number of rotatable bonds is 10. The molecule has 0 aromatic heterocycles. The summed E-state index contributed by atoms with van der Waals surface area (Å²) in [6.07, 6.45) is -0.764. The summed E-state index contributed by atoms with van der Waals surface area (Å²) in [4.78, 5) is 12.0. The van der Waals surface area contributed by atoms with Crippen LogP contribution in [0.15, 0.2) is 91.0 Å². The Morgan fingerprint density at radius 1 is 0.714 bits per heavy atom. The second kappa shape index (κ2) is 12.6.